The first-order valence-electron chi connectivity index (χ1n) is 9.88. The van der Waals surface area contributed by atoms with E-state index in [9.17, 15) is 4.79 Å². The number of H-pyrrole nitrogens is 1. The van der Waals surface area contributed by atoms with E-state index >= 15 is 0 Å². The summed E-state index contributed by atoms with van der Waals surface area (Å²) in [6.45, 7) is 6.80. The summed E-state index contributed by atoms with van der Waals surface area (Å²) < 4.78 is 5.35. The van der Waals surface area contributed by atoms with Gasteiger partial charge in [0.15, 0.2) is 11.5 Å². The largest absolute Gasteiger partial charge is 0.382 e. The first-order chi connectivity index (χ1) is 14.1. The predicted molar refractivity (Wildman–Crippen MR) is 112 cm³/mol. The predicted octanol–water partition coefficient (Wildman–Crippen LogP) is 1.51. The monoisotopic (exact) mass is 394 g/mol. The summed E-state index contributed by atoms with van der Waals surface area (Å²) in [5.41, 5.74) is 10.4. The van der Waals surface area contributed by atoms with Gasteiger partial charge in [-0.2, -0.15) is 5.10 Å². The lowest BCUT2D eigenvalue weighted by Gasteiger charge is -2.26. The van der Waals surface area contributed by atoms with Crippen molar-refractivity contribution in [1.29, 1.82) is 0 Å². The van der Waals surface area contributed by atoms with Gasteiger partial charge in [0.05, 0.1) is 30.7 Å². The number of nitrogens with two attached hydrogens (primary N) is 1. The van der Waals surface area contributed by atoms with E-state index < -0.39 is 0 Å². The average Bonchev–Trinajstić information content (AvgIpc) is 3.10. The number of aromatic amines is 1. The van der Waals surface area contributed by atoms with Gasteiger partial charge in [-0.15, -0.1) is 0 Å². The molecule has 152 valence electrons. The number of carbonyl (C=O) groups excluding carboxylic acids is 1. The molecule has 1 saturated heterocycles. The van der Waals surface area contributed by atoms with Crippen LogP contribution >= 0.6 is 0 Å². The number of hydrogen-bond acceptors (Lipinski definition) is 6. The van der Waals surface area contributed by atoms with E-state index in [1.165, 1.54) is 0 Å². The highest BCUT2D eigenvalue weighted by atomic mass is 16.5. The summed E-state index contributed by atoms with van der Waals surface area (Å²) in [7, 11) is 0. The van der Waals surface area contributed by atoms with Crippen LogP contribution in [0, 0.1) is 6.92 Å². The molecule has 1 amide bonds. The van der Waals surface area contributed by atoms with Crippen LogP contribution < -0.4 is 11.1 Å². The number of ether oxygens (including phenoxy) is 1. The Bertz CT molecular complexity index is 1010. The third-order valence-corrected chi connectivity index (χ3v) is 5.27. The maximum absolute atomic E-state index is 12.6. The maximum atomic E-state index is 12.6. The Morgan fingerprint density at radius 3 is 2.90 bits per heavy atom. The molecule has 1 fully saturated rings. The lowest BCUT2D eigenvalue weighted by atomic mass is 10.0. The zero-order valence-corrected chi connectivity index (χ0v) is 16.6. The van der Waals surface area contributed by atoms with Crippen molar-refractivity contribution in [1.82, 2.24) is 25.4 Å². The second-order valence-electron chi connectivity index (χ2n) is 7.29. The molecule has 2 aromatic heterocycles. The van der Waals surface area contributed by atoms with Crippen LogP contribution in [0.4, 0.5) is 5.82 Å². The lowest BCUT2D eigenvalue weighted by molar-refractivity contribution is -0.120. The molecule has 0 saturated carbocycles. The number of rotatable bonds is 6. The molecule has 1 aromatic carbocycles. The Morgan fingerprint density at radius 1 is 1.31 bits per heavy atom. The summed E-state index contributed by atoms with van der Waals surface area (Å²) in [5, 5.41) is 10.7. The second kappa shape index (κ2) is 8.59. The van der Waals surface area contributed by atoms with Crippen LogP contribution in [0.5, 0.6) is 0 Å². The summed E-state index contributed by atoms with van der Waals surface area (Å²) in [5.74, 6) is 0.321. The normalized spacial score (nSPS) is 14.9. The summed E-state index contributed by atoms with van der Waals surface area (Å²) >= 11 is 0. The van der Waals surface area contributed by atoms with Crippen LogP contribution in [0.2, 0.25) is 0 Å². The molecule has 4 N–H and O–H groups in total. The molecule has 0 bridgehead atoms. The van der Waals surface area contributed by atoms with Gasteiger partial charge in [0.2, 0.25) is 5.91 Å². The van der Waals surface area contributed by atoms with Crippen molar-refractivity contribution in [3.63, 3.8) is 0 Å². The zero-order chi connectivity index (χ0) is 20.2. The lowest BCUT2D eigenvalue weighted by Crippen LogP contribution is -2.41. The first-order valence-corrected chi connectivity index (χ1v) is 9.88. The van der Waals surface area contributed by atoms with E-state index in [4.69, 9.17) is 10.5 Å². The summed E-state index contributed by atoms with van der Waals surface area (Å²) in [6.07, 6.45) is 0.227. The molecular weight excluding hydrogens is 368 g/mol. The third-order valence-electron chi connectivity index (χ3n) is 5.27. The summed E-state index contributed by atoms with van der Waals surface area (Å²) in [4.78, 5) is 19.6. The Hall–Kier alpha value is -2.97. The Balaban J connectivity index is 1.52. The fourth-order valence-electron chi connectivity index (χ4n) is 3.69. The van der Waals surface area contributed by atoms with Crippen molar-refractivity contribution in [3.8, 4) is 11.3 Å². The smallest absolute Gasteiger partial charge is 0.224 e. The highest BCUT2D eigenvalue weighted by Gasteiger charge is 2.16. The number of aryl methyl sites for hydroxylation is 1. The maximum Gasteiger partial charge on any atom is 0.224 e. The molecule has 3 heterocycles. The number of nitrogens with one attached hydrogen (secondary N) is 2. The van der Waals surface area contributed by atoms with Gasteiger partial charge in [0.1, 0.15) is 0 Å². The topological polar surface area (TPSA) is 109 Å². The number of anilines is 1. The molecule has 8 heteroatoms. The van der Waals surface area contributed by atoms with Gasteiger partial charge in [-0.25, -0.2) is 4.98 Å². The molecule has 1 aliphatic heterocycles. The van der Waals surface area contributed by atoms with Crippen molar-refractivity contribution in [3.05, 3.63) is 41.5 Å². The number of aromatic nitrogens is 3. The van der Waals surface area contributed by atoms with Gasteiger partial charge in [-0.3, -0.25) is 14.8 Å². The number of nitrogen functional groups attached to an aromatic ring is 1. The van der Waals surface area contributed by atoms with E-state index in [0.29, 0.717) is 23.4 Å². The average molecular weight is 394 g/mol. The molecular formula is C21H26N6O2. The van der Waals surface area contributed by atoms with Crippen molar-refractivity contribution in [2.75, 3.05) is 45.1 Å². The summed E-state index contributed by atoms with van der Waals surface area (Å²) in [6, 6.07) is 9.98. The van der Waals surface area contributed by atoms with Gasteiger partial charge >= 0.3 is 0 Å². The highest BCUT2D eigenvalue weighted by molar-refractivity contribution is 5.94. The van der Waals surface area contributed by atoms with Gasteiger partial charge < -0.3 is 15.8 Å². The SMILES string of the molecule is Cc1ccccc1-c1cc(CC(=O)NCCN2CCOCC2)c2c(N)n[nH]c2n1. The standard InChI is InChI=1S/C21H26N6O2/c1-14-4-2-3-5-16(14)17-12-15(19-20(22)25-26-21(19)24-17)13-18(28)23-6-7-27-8-10-29-11-9-27/h2-5,12H,6-11,13H2,1H3,(H,23,28)(H3,22,24,25,26). The molecule has 0 radical (unpaired) electrons. The quantitative estimate of drug-likeness (QED) is 0.585. The van der Waals surface area contributed by atoms with Crippen LogP contribution in [0.3, 0.4) is 0 Å². The molecule has 1 aliphatic rings. The number of nitrogens with zero attached hydrogens (tertiary/aromatic N) is 3. The number of carbonyl (C=O) groups is 1. The van der Waals surface area contributed by atoms with Crippen LogP contribution in [0.25, 0.3) is 22.3 Å². The van der Waals surface area contributed by atoms with Crippen molar-refractivity contribution >= 4 is 22.8 Å². The van der Waals surface area contributed by atoms with E-state index in [1.807, 2.05) is 37.3 Å². The van der Waals surface area contributed by atoms with Gasteiger partial charge in [0, 0.05) is 31.7 Å². The Morgan fingerprint density at radius 2 is 2.10 bits per heavy atom. The van der Waals surface area contributed by atoms with E-state index in [2.05, 4.69) is 25.4 Å². The van der Waals surface area contributed by atoms with Gasteiger partial charge in [0.25, 0.3) is 0 Å². The van der Waals surface area contributed by atoms with Crippen molar-refractivity contribution < 1.29 is 9.53 Å². The van der Waals surface area contributed by atoms with E-state index in [0.717, 1.165) is 55.2 Å². The molecule has 0 atom stereocenters. The zero-order valence-electron chi connectivity index (χ0n) is 16.6. The second-order valence-corrected chi connectivity index (χ2v) is 7.29. The van der Waals surface area contributed by atoms with Crippen LogP contribution in [-0.4, -0.2) is 65.4 Å². The molecule has 3 aromatic rings. The van der Waals surface area contributed by atoms with Crippen molar-refractivity contribution in [2.45, 2.75) is 13.3 Å². The van der Waals surface area contributed by atoms with Crippen molar-refractivity contribution in [2.24, 2.45) is 0 Å². The minimum atomic E-state index is -0.0397. The number of pyridine rings is 1. The van der Waals surface area contributed by atoms with Crippen LogP contribution in [0.15, 0.2) is 30.3 Å². The molecule has 8 nitrogen and oxygen atoms in total. The molecule has 0 aliphatic carbocycles. The fraction of sp³-hybridized carbons (Fsp3) is 0.381. The van der Waals surface area contributed by atoms with Crippen LogP contribution in [0.1, 0.15) is 11.1 Å². The number of amides is 1. The third kappa shape index (κ3) is 4.38. The molecule has 4 rings (SSSR count). The molecule has 29 heavy (non-hydrogen) atoms. The minimum absolute atomic E-state index is 0.0397. The first kappa shape index (κ1) is 19.4. The van der Waals surface area contributed by atoms with Gasteiger partial charge in [-0.05, 0) is 24.1 Å². The number of hydrogen-bond donors (Lipinski definition) is 3. The van der Waals surface area contributed by atoms with E-state index in [1.54, 1.807) is 0 Å². The van der Waals surface area contributed by atoms with Crippen LogP contribution in [-0.2, 0) is 16.0 Å². The minimum Gasteiger partial charge on any atom is -0.382 e. The molecule has 0 unspecified atom stereocenters. The number of morpholine rings is 1. The highest BCUT2D eigenvalue weighted by Crippen LogP contribution is 2.28. The number of benzene rings is 1. The van der Waals surface area contributed by atoms with E-state index in [-0.39, 0.29) is 12.3 Å². The fourth-order valence-corrected chi connectivity index (χ4v) is 3.69. The van der Waals surface area contributed by atoms with Gasteiger partial charge in [-0.1, -0.05) is 24.3 Å². The Kier molecular flexibility index (Phi) is 5.73. The molecule has 0 spiro atoms. The number of fused-ring (bicyclic) bond motifs is 1. The Labute approximate surface area is 169 Å².